The number of nitrogens with one attached hydrogen (secondary N) is 1. The van der Waals surface area contributed by atoms with Gasteiger partial charge in [0.05, 0.1) is 12.0 Å². The second-order valence-corrected chi connectivity index (χ2v) is 6.33. The molecule has 2 unspecified atom stereocenters. The fraction of sp³-hybridized carbons (Fsp3) is 0.846. The first-order valence-corrected chi connectivity index (χ1v) is 7.72. The molecule has 4 heteroatoms. The molecule has 1 saturated carbocycles. The number of hydrogen-bond donors (Lipinski definition) is 1. The molecular weight excluding hydrogens is 232 g/mol. The normalized spacial score (nSPS) is 29.8. The molecule has 0 aromatic carbocycles. The number of hydrogen-bond acceptors (Lipinski definition) is 3. The number of amides is 1. The number of thioether (sulfide) groups is 1. The Balaban J connectivity index is 1.75. The summed E-state index contributed by atoms with van der Waals surface area (Å²) < 4.78 is 0. The summed E-state index contributed by atoms with van der Waals surface area (Å²) >= 11 is 1.99. The van der Waals surface area contributed by atoms with Crippen LogP contribution in [0.4, 0.5) is 0 Å². The maximum atomic E-state index is 11.9. The minimum atomic E-state index is 0.0425. The van der Waals surface area contributed by atoms with E-state index >= 15 is 0 Å². The van der Waals surface area contributed by atoms with E-state index in [1.54, 1.807) is 0 Å². The summed E-state index contributed by atoms with van der Waals surface area (Å²) in [6.45, 7) is 0. The molecule has 2 rings (SSSR count). The lowest BCUT2D eigenvalue weighted by Gasteiger charge is -2.22. The van der Waals surface area contributed by atoms with Gasteiger partial charge in [-0.3, -0.25) is 4.79 Å². The van der Waals surface area contributed by atoms with Crippen LogP contribution in [0, 0.1) is 23.2 Å². The highest BCUT2D eigenvalue weighted by molar-refractivity contribution is 7.99. The van der Waals surface area contributed by atoms with Crippen LogP contribution in [0.15, 0.2) is 0 Å². The molecular formula is C13H20N2OS. The highest BCUT2D eigenvalue weighted by Crippen LogP contribution is 2.27. The van der Waals surface area contributed by atoms with E-state index in [0.29, 0.717) is 12.3 Å². The van der Waals surface area contributed by atoms with Crippen LogP contribution in [-0.4, -0.2) is 23.5 Å². The maximum absolute atomic E-state index is 11.9. The Morgan fingerprint density at radius 3 is 2.76 bits per heavy atom. The van der Waals surface area contributed by atoms with E-state index in [4.69, 9.17) is 5.26 Å². The molecule has 0 bridgehead atoms. The number of nitriles is 1. The lowest BCUT2D eigenvalue weighted by molar-refractivity contribution is -0.122. The van der Waals surface area contributed by atoms with Crippen LogP contribution in [0.1, 0.15) is 38.5 Å². The first kappa shape index (κ1) is 12.8. The van der Waals surface area contributed by atoms with Crippen molar-refractivity contribution in [2.75, 3.05) is 11.5 Å². The van der Waals surface area contributed by atoms with Gasteiger partial charge in [0, 0.05) is 12.5 Å². The monoisotopic (exact) mass is 252 g/mol. The Kier molecular flexibility index (Phi) is 4.73. The lowest BCUT2D eigenvalue weighted by atomic mass is 9.97. The number of carbonyl (C=O) groups is 1. The summed E-state index contributed by atoms with van der Waals surface area (Å²) in [5.41, 5.74) is 0. The topological polar surface area (TPSA) is 52.9 Å². The van der Waals surface area contributed by atoms with Gasteiger partial charge in [-0.2, -0.15) is 17.0 Å². The molecule has 0 aromatic heterocycles. The Bertz CT molecular complexity index is 307. The van der Waals surface area contributed by atoms with Gasteiger partial charge in [0.1, 0.15) is 0 Å². The SMILES string of the molecule is N#CC1CCCC1NC(=O)CC1CCSCC1. The average molecular weight is 252 g/mol. The zero-order valence-corrected chi connectivity index (χ0v) is 11.0. The summed E-state index contributed by atoms with van der Waals surface area (Å²) in [4.78, 5) is 11.9. The largest absolute Gasteiger partial charge is 0.352 e. The molecule has 3 nitrogen and oxygen atoms in total. The predicted octanol–water partition coefficient (Wildman–Crippen LogP) is 2.33. The van der Waals surface area contributed by atoms with E-state index in [2.05, 4.69) is 11.4 Å². The molecule has 1 heterocycles. The molecule has 1 saturated heterocycles. The van der Waals surface area contributed by atoms with Crippen LogP contribution in [0.5, 0.6) is 0 Å². The Labute approximate surface area is 107 Å². The van der Waals surface area contributed by atoms with Crippen LogP contribution in [0.2, 0.25) is 0 Å². The van der Waals surface area contributed by atoms with E-state index < -0.39 is 0 Å². The third kappa shape index (κ3) is 3.64. The minimum Gasteiger partial charge on any atom is -0.352 e. The summed E-state index contributed by atoms with van der Waals surface area (Å²) in [5, 5.41) is 12.0. The molecule has 1 aliphatic heterocycles. The lowest BCUT2D eigenvalue weighted by Crippen LogP contribution is -2.38. The van der Waals surface area contributed by atoms with Crippen molar-refractivity contribution in [3.63, 3.8) is 0 Å². The van der Waals surface area contributed by atoms with Crippen LogP contribution in [0.25, 0.3) is 0 Å². The Morgan fingerprint density at radius 1 is 1.29 bits per heavy atom. The zero-order valence-electron chi connectivity index (χ0n) is 10.2. The average Bonchev–Trinajstić information content (AvgIpc) is 2.77. The van der Waals surface area contributed by atoms with Gasteiger partial charge in [-0.15, -0.1) is 0 Å². The van der Waals surface area contributed by atoms with Crippen molar-refractivity contribution < 1.29 is 4.79 Å². The van der Waals surface area contributed by atoms with E-state index in [-0.39, 0.29) is 17.9 Å². The molecule has 17 heavy (non-hydrogen) atoms. The van der Waals surface area contributed by atoms with Crippen molar-refractivity contribution in [1.29, 1.82) is 5.26 Å². The summed E-state index contributed by atoms with van der Waals surface area (Å²) in [7, 11) is 0. The van der Waals surface area contributed by atoms with Crippen LogP contribution in [0.3, 0.4) is 0 Å². The van der Waals surface area contributed by atoms with Gasteiger partial charge >= 0.3 is 0 Å². The van der Waals surface area contributed by atoms with Crippen molar-refractivity contribution in [2.24, 2.45) is 11.8 Å². The highest BCUT2D eigenvalue weighted by Gasteiger charge is 2.29. The van der Waals surface area contributed by atoms with Crippen molar-refractivity contribution in [2.45, 2.75) is 44.6 Å². The highest BCUT2D eigenvalue weighted by atomic mass is 32.2. The van der Waals surface area contributed by atoms with Crippen molar-refractivity contribution in [1.82, 2.24) is 5.32 Å². The Morgan fingerprint density at radius 2 is 2.06 bits per heavy atom. The molecule has 1 aliphatic carbocycles. The molecule has 2 aliphatic rings. The number of rotatable bonds is 3. The van der Waals surface area contributed by atoms with Crippen LogP contribution >= 0.6 is 11.8 Å². The smallest absolute Gasteiger partial charge is 0.220 e. The Hall–Kier alpha value is -0.690. The predicted molar refractivity (Wildman–Crippen MR) is 69.6 cm³/mol. The molecule has 1 N–H and O–H groups in total. The van der Waals surface area contributed by atoms with Crippen LogP contribution < -0.4 is 5.32 Å². The van der Waals surface area contributed by atoms with E-state index in [0.717, 1.165) is 19.3 Å². The molecule has 0 radical (unpaired) electrons. The van der Waals surface area contributed by atoms with Gasteiger partial charge in [-0.25, -0.2) is 0 Å². The molecule has 0 spiro atoms. The summed E-state index contributed by atoms with van der Waals surface area (Å²) in [6, 6.07) is 2.42. The molecule has 94 valence electrons. The second-order valence-electron chi connectivity index (χ2n) is 5.10. The fourth-order valence-electron chi connectivity index (χ4n) is 2.77. The molecule has 2 fully saturated rings. The maximum Gasteiger partial charge on any atom is 0.220 e. The quantitative estimate of drug-likeness (QED) is 0.838. The van der Waals surface area contributed by atoms with Gasteiger partial charge in [0.2, 0.25) is 5.91 Å². The first-order valence-electron chi connectivity index (χ1n) is 6.56. The van der Waals surface area contributed by atoms with Crippen molar-refractivity contribution in [3.05, 3.63) is 0 Å². The third-order valence-corrected chi connectivity index (χ3v) is 4.89. The van der Waals surface area contributed by atoms with Gasteiger partial charge in [-0.05, 0) is 49.5 Å². The standard InChI is InChI=1S/C13H20N2OS/c14-9-11-2-1-3-12(11)15-13(16)8-10-4-6-17-7-5-10/h10-12H,1-8H2,(H,15,16). The van der Waals surface area contributed by atoms with Crippen molar-refractivity contribution in [3.8, 4) is 6.07 Å². The number of nitrogens with zero attached hydrogens (tertiary/aromatic N) is 1. The molecule has 0 aromatic rings. The third-order valence-electron chi connectivity index (χ3n) is 3.84. The van der Waals surface area contributed by atoms with Gasteiger partial charge in [0.15, 0.2) is 0 Å². The minimum absolute atomic E-state index is 0.0425. The van der Waals surface area contributed by atoms with Gasteiger partial charge in [-0.1, -0.05) is 0 Å². The number of carbonyl (C=O) groups excluding carboxylic acids is 1. The molecule has 2 atom stereocenters. The van der Waals surface area contributed by atoms with Gasteiger partial charge < -0.3 is 5.32 Å². The van der Waals surface area contributed by atoms with E-state index in [1.165, 1.54) is 24.3 Å². The molecule has 1 amide bonds. The zero-order chi connectivity index (χ0) is 12.1. The first-order chi connectivity index (χ1) is 8.29. The second kappa shape index (κ2) is 6.30. The summed E-state index contributed by atoms with van der Waals surface area (Å²) in [5.74, 6) is 3.16. The van der Waals surface area contributed by atoms with E-state index in [1.807, 2.05) is 11.8 Å². The summed E-state index contributed by atoms with van der Waals surface area (Å²) in [6.07, 6.45) is 6.00. The van der Waals surface area contributed by atoms with Crippen LogP contribution in [-0.2, 0) is 4.79 Å². The fourth-order valence-corrected chi connectivity index (χ4v) is 3.97. The van der Waals surface area contributed by atoms with E-state index in [9.17, 15) is 4.79 Å². The van der Waals surface area contributed by atoms with Crippen molar-refractivity contribution >= 4 is 17.7 Å². The van der Waals surface area contributed by atoms with Gasteiger partial charge in [0.25, 0.3) is 0 Å².